The van der Waals surface area contributed by atoms with Gasteiger partial charge in [-0.25, -0.2) is 4.98 Å². The minimum Gasteiger partial charge on any atom is -0.497 e. The molecule has 3 rings (SSSR count). The molecule has 0 unspecified atom stereocenters. The van der Waals surface area contributed by atoms with Crippen molar-refractivity contribution in [1.82, 2.24) is 9.88 Å². The molecule has 1 aliphatic rings. The van der Waals surface area contributed by atoms with Crippen LogP contribution in [0.5, 0.6) is 5.75 Å². The normalized spacial score (nSPS) is 15.7. The van der Waals surface area contributed by atoms with Crippen LogP contribution in [0.3, 0.4) is 0 Å². The van der Waals surface area contributed by atoms with Gasteiger partial charge in [0.15, 0.2) is 0 Å². The topological polar surface area (TPSA) is 54.5 Å². The second-order valence-electron chi connectivity index (χ2n) is 6.42. The Morgan fingerprint density at radius 1 is 1.20 bits per heavy atom. The number of carbonyl (C=O) groups is 1. The van der Waals surface area contributed by atoms with Crippen LogP contribution < -0.4 is 10.1 Å². The monoisotopic (exact) mass is 339 g/mol. The lowest BCUT2D eigenvalue weighted by atomic mass is 9.95. The summed E-state index contributed by atoms with van der Waals surface area (Å²) in [5.74, 6) is 1.70. The number of nitrogens with one attached hydrogen (secondary N) is 1. The van der Waals surface area contributed by atoms with Gasteiger partial charge in [-0.3, -0.25) is 4.79 Å². The molecule has 132 valence electrons. The van der Waals surface area contributed by atoms with Crippen molar-refractivity contribution in [3.63, 3.8) is 0 Å². The highest BCUT2D eigenvalue weighted by molar-refractivity contribution is 5.91. The molecule has 1 N–H and O–H groups in total. The van der Waals surface area contributed by atoms with Crippen LogP contribution >= 0.6 is 0 Å². The average Bonchev–Trinajstić information content (AvgIpc) is 2.68. The number of ether oxygens (including phenoxy) is 1. The molecule has 5 heteroatoms. The van der Waals surface area contributed by atoms with Crippen molar-refractivity contribution in [3.8, 4) is 5.75 Å². The predicted molar refractivity (Wildman–Crippen MR) is 98.7 cm³/mol. The Labute approximate surface area is 149 Å². The number of aromatic nitrogens is 1. The Hall–Kier alpha value is -2.40. The first-order chi connectivity index (χ1) is 12.2. The highest BCUT2D eigenvalue weighted by Crippen LogP contribution is 2.19. The Balaban J connectivity index is 1.41. The van der Waals surface area contributed by atoms with Crippen molar-refractivity contribution in [2.75, 3.05) is 32.1 Å². The van der Waals surface area contributed by atoms with Gasteiger partial charge in [-0.1, -0.05) is 18.2 Å². The number of piperidine rings is 1. The van der Waals surface area contributed by atoms with Gasteiger partial charge >= 0.3 is 0 Å². The van der Waals surface area contributed by atoms with E-state index < -0.39 is 0 Å². The maximum atomic E-state index is 12.3. The zero-order chi connectivity index (χ0) is 17.5. The predicted octanol–water partition coefficient (Wildman–Crippen LogP) is 2.98. The highest BCUT2D eigenvalue weighted by atomic mass is 16.5. The maximum Gasteiger partial charge on any atom is 0.228 e. The number of anilines is 1. The average molecular weight is 339 g/mol. The molecule has 2 aromatic rings. The summed E-state index contributed by atoms with van der Waals surface area (Å²) in [5.41, 5.74) is 1.32. The summed E-state index contributed by atoms with van der Waals surface area (Å²) in [6.45, 7) is 2.97. The third kappa shape index (κ3) is 5.03. The first-order valence-electron chi connectivity index (χ1n) is 8.82. The molecule has 2 heterocycles. The summed E-state index contributed by atoms with van der Waals surface area (Å²) in [4.78, 5) is 18.9. The van der Waals surface area contributed by atoms with Crippen molar-refractivity contribution in [2.45, 2.75) is 19.3 Å². The van der Waals surface area contributed by atoms with Gasteiger partial charge in [0.25, 0.3) is 0 Å². The molecule has 5 nitrogen and oxygen atoms in total. The number of rotatable bonds is 6. The molecular weight excluding hydrogens is 314 g/mol. The molecule has 25 heavy (non-hydrogen) atoms. The Bertz CT molecular complexity index is 665. The van der Waals surface area contributed by atoms with Crippen LogP contribution in [0.4, 0.5) is 5.82 Å². The van der Waals surface area contributed by atoms with Crippen LogP contribution in [-0.2, 0) is 11.2 Å². The molecule has 0 spiro atoms. The number of amides is 1. The number of methoxy groups -OCH3 is 1. The zero-order valence-electron chi connectivity index (χ0n) is 14.6. The van der Waals surface area contributed by atoms with Crippen molar-refractivity contribution >= 4 is 11.7 Å². The number of hydrogen-bond acceptors (Lipinski definition) is 4. The van der Waals surface area contributed by atoms with Gasteiger partial charge in [0.1, 0.15) is 11.6 Å². The Morgan fingerprint density at radius 2 is 1.96 bits per heavy atom. The molecule has 0 bridgehead atoms. The fourth-order valence-electron chi connectivity index (χ4n) is 3.16. The van der Waals surface area contributed by atoms with Crippen LogP contribution in [-0.4, -0.2) is 42.5 Å². The SMILES string of the molecule is COc1ccc(CCN2CCC(C(=O)Nc3ccccn3)CC2)cc1. The number of benzene rings is 1. The number of pyridine rings is 1. The molecule has 0 atom stereocenters. The summed E-state index contributed by atoms with van der Waals surface area (Å²) in [6, 6.07) is 13.8. The second kappa shape index (κ2) is 8.62. The first-order valence-corrected chi connectivity index (χ1v) is 8.82. The van der Waals surface area contributed by atoms with Crippen molar-refractivity contribution in [3.05, 3.63) is 54.2 Å². The molecule has 0 saturated carbocycles. The van der Waals surface area contributed by atoms with E-state index in [-0.39, 0.29) is 11.8 Å². The van der Waals surface area contributed by atoms with Gasteiger partial charge in [-0.05, 0) is 62.2 Å². The van der Waals surface area contributed by atoms with Crippen LogP contribution in [0, 0.1) is 5.92 Å². The minimum absolute atomic E-state index is 0.0826. The summed E-state index contributed by atoms with van der Waals surface area (Å²) in [7, 11) is 1.68. The molecule has 1 aromatic carbocycles. The van der Waals surface area contributed by atoms with Gasteiger partial charge in [0.05, 0.1) is 7.11 Å². The van der Waals surface area contributed by atoms with E-state index in [1.54, 1.807) is 13.3 Å². The van der Waals surface area contributed by atoms with Gasteiger partial charge < -0.3 is 15.0 Å². The highest BCUT2D eigenvalue weighted by Gasteiger charge is 2.24. The quantitative estimate of drug-likeness (QED) is 0.879. The van der Waals surface area contributed by atoms with Gasteiger partial charge in [0, 0.05) is 18.7 Å². The summed E-state index contributed by atoms with van der Waals surface area (Å²) < 4.78 is 5.19. The summed E-state index contributed by atoms with van der Waals surface area (Å²) >= 11 is 0. The van der Waals surface area contributed by atoms with Gasteiger partial charge in [0.2, 0.25) is 5.91 Å². The molecular formula is C20H25N3O2. The lowest BCUT2D eigenvalue weighted by molar-refractivity contribution is -0.121. The second-order valence-corrected chi connectivity index (χ2v) is 6.42. The standard InChI is InChI=1S/C20H25N3O2/c1-25-18-7-5-16(6-8-18)9-13-23-14-10-17(11-15-23)20(24)22-19-4-2-3-12-21-19/h2-8,12,17H,9-11,13-15H2,1H3,(H,21,22,24). The van der Waals surface area contributed by atoms with E-state index in [0.717, 1.165) is 44.6 Å². The fraction of sp³-hybridized carbons (Fsp3) is 0.400. The molecule has 1 amide bonds. The molecule has 0 radical (unpaired) electrons. The number of hydrogen-bond donors (Lipinski definition) is 1. The molecule has 1 aromatic heterocycles. The van der Waals surface area contributed by atoms with Crippen LogP contribution in [0.2, 0.25) is 0 Å². The van der Waals surface area contributed by atoms with E-state index in [0.29, 0.717) is 5.82 Å². The first kappa shape index (κ1) is 17.4. The number of nitrogens with zero attached hydrogens (tertiary/aromatic N) is 2. The summed E-state index contributed by atoms with van der Waals surface area (Å²) in [5, 5.41) is 2.91. The lowest BCUT2D eigenvalue weighted by Crippen LogP contribution is -2.39. The fourth-order valence-corrected chi connectivity index (χ4v) is 3.16. The largest absolute Gasteiger partial charge is 0.497 e. The summed E-state index contributed by atoms with van der Waals surface area (Å²) in [6.07, 6.45) is 4.52. The van der Waals surface area contributed by atoms with E-state index in [1.165, 1.54) is 5.56 Å². The van der Waals surface area contributed by atoms with Crippen LogP contribution in [0.15, 0.2) is 48.7 Å². The Kier molecular flexibility index (Phi) is 6.01. The smallest absolute Gasteiger partial charge is 0.228 e. The van der Waals surface area contributed by atoms with Crippen LogP contribution in [0.25, 0.3) is 0 Å². The molecule has 1 fully saturated rings. The maximum absolute atomic E-state index is 12.3. The van der Waals surface area contributed by atoms with Crippen molar-refractivity contribution in [2.24, 2.45) is 5.92 Å². The van der Waals surface area contributed by atoms with E-state index in [4.69, 9.17) is 4.74 Å². The molecule has 1 saturated heterocycles. The van der Waals surface area contributed by atoms with E-state index in [9.17, 15) is 4.79 Å². The van der Waals surface area contributed by atoms with Gasteiger partial charge in [-0.15, -0.1) is 0 Å². The lowest BCUT2D eigenvalue weighted by Gasteiger charge is -2.31. The van der Waals surface area contributed by atoms with E-state index >= 15 is 0 Å². The zero-order valence-corrected chi connectivity index (χ0v) is 14.6. The third-order valence-electron chi connectivity index (χ3n) is 4.75. The molecule has 1 aliphatic heterocycles. The molecule has 0 aliphatic carbocycles. The van der Waals surface area contributed by atoms with Crippen molar-refractivity contribution in [1.29, 1.82) is 0 Å². The minimum atomic E-state index is 0.0826. The van der Waals surface area contributed by atoms with E-state index in [1.807, 2.05) is 30.3 Å². The number of carbonyl (C=O) groups excluding carboxylic acids is 1. The third-order valence-corrected chi connectivity index (χ3v) is 4.75. The number of likely N-dealkylation sites (tertiary alicyclic amines) is 1. The van der Waals surface area contributed by atoms with Crippen LogP contribution in [0.1, 0.15) is 18.4 Å². The Morgan fingerprint density at radius 3 is 2.60 bits per heavy atom. The van der Waals surface area contributed by atoms with Gasteiger partial charge in [-0.2, -0.15) is 0 Å². The van der Waals surface area contributed by atoms with E-state index in [2.05, 4.69) is 27.3 Å². The van der Waals surface area contributed by atoms with Crippen molar-refractivity contribution < 1.29 is 9.53 Å².